The van der Waals surface area contributed by atoms with Crippen LogP contribution in [0.2, 0.25) is 0 Å². The van der Waals surface area contributed by atoms with Gasteiger partial charge in [-0.15, -0.1) is 5.10 Å². The Hall–Kier alpha value is -1.69. The van der Waals surface area contributed by atoms with Crippen molar-refractivity contribution in [1.82, 2.24) is 15.5 Å². The number of nitrogens with one attached hydrogen (secondary N) is 2. The van der Waals surface area contributed by atoms with E-state index in [0.717, 1.165) is 25.0 Å². The molecule has 0 saturated heterocycles. The zero-order valence-corrected chi connectivity index (χ0v) is 13.8. The van der Waals surface area contributed by atoms with Gasteiger partial charge in [-0.05, 0) is 25.0 Å². The van der Waals surface area contributed by atoms with Crippen molar-refractivity contribution in [3.05, 3.63) is 17.8 Å². The first-order chi connectivity index (χ1) is 10.2. The first-order valence-electron chi connectivity index (χ1n) is 7.77. The highest BCUT2D eigenvalue weighted by Crippen LogP contribution is 2.37. The lowest BCUT2D eigenvalue weighted by Gasteiger charge is -2.30. The van der Waals surface area contributed by atoms with Crippen LogP contribution in [0, 0.1) is 5.41 Å². The molecule has 1 aromatic rings. The van der Waals surface area contributed by atoms with E-state index in [4.69, 9.17) is 0 Å². The van der Waals surface area contributed by atoms with Gasteiger partial charge >= 0.3 is 6.03 Å². The number of hydrogen-bond donors (Lipinski definition) is 3. The Bertz CT molecular complexity index is 524. The highest BCUT2D eigenvalue weighted by atomic mass is 16.3. The Balaban J connectivity index is 1.95. The number of carbonyl (C=O) groups is 1. The average Bonchev–Trinajstić information content (AvgIpc) is 2.80. The van der Waals surface area contributed by atoms with Crippen molar-refractivity contribution in [2.24, 2.45) is 5.41 Å². The topological polar surface area (TPSA) is 87.1 Å². The van der Waals surface area contributed by atoms with Crippen molar-refractivity contribution in [2.45, 2.75) is 58.4 Å². The van der Waals surface area contributed by atoms with Crippen molar-refractivity contribution in [2.75, 3.05) is 11.9 Å². The summed E-state index contributed by atoms with van der Waals surface area (Å²) >= 11 is 0. The molecule has 2 amide bonds. The van der Waals surface area contributed by atoms with E-state index >= 15 is 0 Å². The molecule has 0 radical (unpaired) electrons. The van der Waals surface area contributed by atoms with Crippen LogP contribution in [0.4, 0.5) is 10.6 Å². The molecule has 1 aliphatic rings. The predicted octanol–water partition coefficient (Wildman–Crippen LogP) is 2.45. The third-order valence-electron chi connectivity index (χ3n) is 4.42. The molecule has 1 aliphatic carbocycles. The van der Waals surface area contributed by atoms with Crippen molar-refractivity contribution in [3.8, 4) is 0 Å². The third kappa shape index (κ3) is 3.74. The second-order valence-corrected chi connectivity index (χ2v) is 7.41. The van der Waals surface area contributed by atoms with Crippen molar-refractivity contribution < 1.29 is 9.90 Å². The monoisotopic (exact) mass is 306 g/mol. The van der Waals surface area contributed by atoms with E-state index in [1.807, 2.05) is 13.0 Å². The van der Waals surface area contributed by atoms with Gasteiger partial charge in [-0.1, -0.05) is 34.1 Å². The molecule has 6 heteroatoms. The van der Waals surface area contributed by atoms with E-state index in [2.05, 4.69) is 41.6 Å². The Labute approximate surface area is 131 Å². The lowest BCUT2D eigenvalue weighted by molar-refractivity contribution is 0.122. The molecule has 0 aromatic carbocycles. The van der Waals surface area contributed by atoms with Gasteiger partial charge < -0.3 is 10.4 Å². The molecule has 1 aromatic heterocycles. The van der Waals surface area contributed by atoms with Crippen molar-refractivity contribution >= 4 is 11.8 Å². The van der Waals surface area contributed by atoms with E-state index in [9.17, 15) is 9.90 Å². The lowest BCUT2D eigenvalue weighted by Crippen LogP contribution is -2.46. The summed E-state index contributed by atoms with van der Waals surface area (Å²) in [4.78, 5) is 12.1. The molecule has 2 atom stereocenters. The number of rotatable bonds is 3. The molecule has 22 heavy (non-hydrogen) atoms. The van der Waals surface area contributed by atoms with Gasteiger partial charge in [0.25, 0.3) is 0 Å². The Morgan fingerprint density at radius 2 is 2.14 bits per heavy atom. The lowest BCUT2D eigenvalue weighted by atomic mass is 9.86. The molecule has 1 saturated carbocycles. The minimum Gasteiger partial charge on any atom is -0.396 e. The number of anilines is 1. The summed E-state index contributed by atoms with van der Waals surface area (Å²) in [6.45, 7) is 8.27. The predicted molar refractivity (Wildman–Crippen MR) is 85.7 cm³/mol. The highest BCUT2D eigenvalue weighted by Gasteiger charge is 2.39. The summed E-state index contributed by atoms with van der Waals surface area (Å²) in [5.41, 5.74) is 0.571. The van der Waals surface area contributed by atoms with Gasteiger partial charge in [0, 0.05) is 16.9 Å². The van der Waals surface area contributed by atoms with Gasteiger partial charge in [0.05, 0.1) is 12.3 Å². The van der Waals surface area contributed by atoms with E-state index in [0.29, 0.717) is 5.82 Å². The highest BCUT2D eigenvalue weighted by molar-refractivity contribution is 5.88. The molecule has 2 unspecified atom stereocenters. The molecular formula is C16H26N4O2. The van der Waals surface area contributed by atoms with E-state index in [1.165, 1.54) is 0 Å². The smallest absolute Gasteiger partial charge is 0.320 e. The van der Waals surface area contributed by atoms with E-state index < -0.39 is 0 Å². The van der Waals surface area contributed by atoms with Crippen LogP contribution in [0.25, 0.3) is 0 Å². The number of hydrogen-bond acceptors (Lipinski definition) is 4. The van der Waals surface area contributed by atoms with Crippen molar-refractivity contribution in [1.29, 1.82) is 0 Å². The maximum absolute atomic E-state index is 12.1. The largest absolute Gasteiger partial charge is 0.396 e. The van der Waals surface area contributed by atoms with Gasteiger partial charge in [0.1, 0.15) is 0 Å². The van der Waals surface area contributed by atoms with E-state index in [1.54, 1.807) is 6.07 Å². The Morgan fingerprint density at radius 1 is 1.41 bits per heavy atom. The molecule has 122 valence electrons. The number of aromatic nitrogens is 2. The van der Waals surface area contributed by atoms with Gasteiger partial charge in [-0.2, -0.15) is 5.10 Å². The average molecular weight is 306 g/mol. The van der Waals surface area contributed by atoms with Crippen LogP contribution in [0.15, 0.2) is 12.1 Å². The minimum absolute atomic E-state index is 0.0145. The minimum atomic E-state index is -0.301. The Morgan fingerprint density at radius 3 is 2.68 bits per heavy atom. The third-order valence-corrected chi connectivity index (χ3v) is 4.42. The van der Waals surface area contributed by atoms with Gasteiger partial charge in [-0.3, -0.25) is 5.32 Å². The fourth-order valence-corrected chi connectivity index (χ4v) is 2.78. The molecule has 3 N–H and O–H groups in total. The number of nitrogens with zero attached hydrogens (tertiary/aromatic N) is 2. The normalized spacial score (nSPS) is 25.0. The van der Waals surface area contributed by atoms with Crippen LogP contribution in [0.5, 0.6) is 0 Å². The number of carbonyl (C=O) groups excluding carboxylic acids is 1. The Kier molecular flexibility index (Phi) is 4.70. The molecule has 0 aliphatic heterocycles. The quantitative estimate of drug-likeness (QED) is 0.800. The van der Waals surface area contributed by atoms with Crippen LogP contribution in [-0.2, 0) is 5.41 Å². The number of aliphatic hydroxyl groups is 1. The second kappa shape index (κ2) is 6.20. The maximum Gasteiger partial charge on any atom is 0.320 e. The summed E-state index contributed by atoms with van der Waals surface area (Å²) in [7, 11) is 0. The zero-order chi connectivity index (χ0) is 16.4. The fourth-order valence-electron chi connectivity index (χ4n) is 2.78. The van der Waals surface area contributed by atoms with Crippen LogP contribution >= 0.6 is 0 Å². The zero-order valence-electron chi connectivity index (χ0n) is 13.8. The first kappa shape index (κ1) is 16.7. The maximum atomic E-state index is 12.1. The number of urea groups is 1. The molecule has 1 fully saturated rings. The standard InChI is InChI=1S/C16H26N4O2/c1-15(2,3)11-7-8-13(20-19-11)18-14(22)17-12-6-5-9-16(12,4)10-21/h7-8,12,21H,5-6,9-10H2,1-4H3,(H2,17,18,20,22). The van der Waals surface area contributed by atoms with Crippen LogP contribution in [0.1, 0.15) is 52.7 Å². The first-order valence-corrected chi connectivity index (χ1v) is 7.77. The fraction of sp³-hybridized carbons (Fsp3) is 0.688. The molecule has 0 bridgehead atoms. The van der Waals surface area contributed by atoms with Gasteiger partial charge in [0.2, 0.25) is 0 Å². The summed E-state index contributed by atoms with van der Waals surface area (Å²) in [6, 6.07) is 3.31. The summed E-state index contributed by atoms with van der Waals surface area (Å²) in [6.07, 6.45) is 2.83. The summed E-state index contributed by atoms with van der Waals surface area (Å²) in [5, 5.41) is 23.3. The molecule has 6 nitrogen and oxygen atoms in total. The van der Waals surface area contributed by atoms with Crippen LogP contribution in [0.3, 0.4) is 0 Å². The molecule has 1 heterocycles. The molecule has 0 spiro atoms. The van der Waals surface area contributed by atoms with Crippen LogP contribution < -0.4 is 10.6 Å². The molecule has 2 rings (SSSR count). The summed E-state index contributed by atoms with van der Waals surface area (Å²) < 4.78 is 0. The van der Waals surface area contributed by atoms with Crippen LogP contribution in [-0.4, -0.2) is 34.0 Å². The SMILES string of the molecule is CC(C)(C)c1ccc(NC(=O)NC2CCCC2(C)CO)nn1. The number of aliphatic hydroxyl groups excluding tert-OH is 1. The summed E-state index contributed by atoms with van der Waals surface area (Å²) in [5.74, 6) is 0.425. The van der Waals surface area contributed by atoms with Crippen molar-refractivity contribution in [3.63, 3.8) is 0 Å². The van der Waals surface area contributed by atoms with E-state index in [-0.39, 0.29) is 29.5 Å². The van der Waals surface area contributed by atoms with Gasteiger partial charge in [-0.25, -0.2) is 4.79 Å². The van der Waals surface area contributed by atoms with Gasteiger partial charge in [0.15, 0.2) is 5.82 Å². The number of amides is 2. The second-order valence-electron chi connectivity index (χ2n) is 7.41. The molecular weight excluding hydrogens is 280 g/mol.